The molecule has 6 rings (SSSR count). The number of rotatable bonds is 3. The molecule has 40 heavy (non-hydrogen) atoms. The molecule has 0 unspecified atom stereocenters. The molecular formula is C34H32IrNO2SSi-. The van der Waals surface area contributed by atoms with Crippen LogP contribution in [0.1, 0.15) is 13.8 Å². The van der Waals surface area contributed by atoms with E-state index < -0.39 is 8.07 Å². The van der Waals surface area contributed by atoms with E-state index in [1.54, 1.807) is 0 Å². The average Bonchev–Trinajstić information content (AvgIpc) is 3.27. The first kappa shape index (κ1) is 29.7. The molecule has 0 amide bonds. The number of aliphatic hydroxyl groups is 1. The average molecular weight is 739 g/mol. The maximum atomic E-state index is 10.0. The quantitative estimate of drug-likeness (QED) is 0.0496. The Balaban J connectivity index is 0.000000413. The summed E-state index contributed by atoms with van der Waals surface area (Å²) in [5.41, 5.74) is 3.47. The van der Waals surface area contributed by atoms with Gasteiger partial charge in [0.2, 0.25) is 0 Å². The van der Waals surface area contributed by atoms with E-state index in [1.807, 2.05) is 11.3 Å². The SMILES string of the molecule is CC(=O)/C=C(/C)O.[CH2-][n+]1c(-c2[c-]ccc3c2sc2ccccc23)cc([Si](C)(C)C)c2c3ccccc3ccc21.[Ir]. The van der Waals surface area contributed by atoms with Crippen LogP contribution in [0.2, 0.25) is 19.6 Å². The van der Waals surface area contributed by atoms with Gasteiger partial charge in [0.25, 0.3) is 0 Å². The van der Waals surface area contributed by atoms with Crippen LogP contribution in [-0.2, 0) is 24.9 Å². The Morgan fingerprint density at radius 3 is 2.27 bits per heavy atom. The molecule has 0 saturated heterocycles. The van der Waals surface area contributed by atoms with Crippen LogP contribution in [0.4, 0.5) is 0 Å². The molecule has 6 heteroatoms. The summed E-state index contributed by atoms with van der Waals surface area (Å²) in [6.45, 7) is 10.2. The number of hydrogen-bond acceptors (Lipinski definition) is 3. The van der Waals surface area contributed by atoms with Crippen LogP contribution in [-0.4, -0.2) is 19.0 Å². The van der Waals surface area contributed by atoms with E-state index in [-0.39, 0.29) is 31.6 Å². The molecule has 0 fully saturated rings. The van der Waals surface area contributed by atoms with E-state index in [0.29, 0.717) is 0 Å². The van der Waals surface area contributed by atoms with Crippen molar-refractivity contribution in [1.29, 1.82) is 0 Å². The van der Waals surface area contributed by atoms with Crippen molar-refractivity contribution in [3.05, 3.63) is 104 Å². The minimum atomic E-state index is -1.65. The number of benzene rings is 4. The molecule has 1 N–H and O–H groups in total. The number of thiophene rings is 1. The Hall–Kier alpha value is -3.28. The number of allylic oxidation sites excluding steroid dienone is 2. The maximum Gasteiger partial charge on any atom is 0.155 e. The summed E-state index contributed by atoms with van der Waals surface area (Å²) in [6, 6.07) is 32.1. The number of carbonyl (C=O) groups excluding carboxylic acids is 1. The first-order chi connectivity index (χ1) is 18.6. The van der Waals surface area contributed by atoms with Crippen LogP contribution < -0.4 is 9.75 Å². The molecule has 6 aromatic rings. The molecule has 4 aromatic carbocycles. The molecule has 0 bridgehead atoms. The van der Waals surface area contributed by atoms with E-state index >= 15 is 0 Å². The van der Waals surface area contributed by atoms with Crippen LogP contribution in [0.25, 0.3) is 53.1 Å². The molecule has 1 radical (unpaired) electrons. The fourth-order valence-corrected chi connectivity index (χ4v) is 7.95. The van der Waals surface area contributed by atoms with Gasteiger partial charge in [0, 0.05) is 37.9 Å². The van der Waals surface area contributed by atoms with E-state index in [4.69, 9.17) is 5.11 Å². The van der Waals surface area contributed by atoms with Crippen molar-refractivity contribution in [3.63, 3.8) is 0 Å². The number of carbonyl (C=O) groups is 1. The van der Waals surface area contributed by atoms with Gasteiger partial charge in [0.1, 0.15) is 11.2 Å². The van der Waals surface area contributed by atoms with Gasteiger partial charge in [-0.3, -0.25) is 4.79 Å². The Morgan fingerprint density at radius 2 is 1.62 bits per heavy atom. The van der Waals surface area contributed by atoms with E-state index in [0.717, 1.165) is 11.3 Å². The zero-order chi connectivity index (χ0) is 27.9. The van der Waals surface area contributed by atoms with Gasteiger partial charge >= 0.3 is 0 Å². The molecule has 0 spiro atoms. The van der Waals surface area contributed by atoms with E-state index in [9.17, 15) is 4.79 Å². The van der Waals surface area contributed by atoms with Gasteiger partial charge in [0.05, 0.1) is 13.8 Å². The summed E-state index contributed by atoms with van der Waals surface area (Å²) < 4.78 is 4.73. The first-order valence-electron chi connectivity index (χ1n) is 13.0. The molecule has 0 saturated carbocycles. The number of aromatic nitrogens is 1. The topological polar surface area (TPSA) is 41.2 Å². The summed E-state index contributed by atoms with van der Waals surface area (Å²) in [4.78, 5) is 10.0. The van der Waals surface area contributed by atoms with Crippen molar-refractivity contribution in [3.8, 4) is 11.3 Å². The molecule has 2 aromatic heterocycles. The normalized spacial score (nSPS) is 11.9. The van der Waals surface area contributed by atoms with Gasteiger partial charge in [-0.15, -0.1) is 18.2 Å². The Morgan fingerprint density at radius 1 is 0.950 bits per heavy atom. The van der Waals surface area contributed by atoms with Gasteiger partial charge in [0.15, 0.2) is 5.78 Å². The van der Waals surface area contributed by atoms with E-state index in [1.165, 1.54) is 67.0 Å². The standard InChI is InChI=1S/C29H24NSSi.C5H8O2.Ir/c1-30-24-17-16-19-10-5-6-11-20(19)28(24)27(32(2,3)4)18-25(30)23-14-9-13-22-21-12-7-8-15-26(21)31-29(22)23;1-4(6)3-5(2)7;/h5-13,15-18H,1H2,2-4H3;3,6H,1-2H3;/q-1;;/b;4-3-;. The van der Waals surface area contributed by atoms with Crippen molar-refractivity contribution in [2.75, 3.05) is 0 Å². The second-order valence-electron chi connectivity index (χ2n) is 10.9. The number of fused-ring (bicyclic) bond motifs is 6. The third-order valence-electron chi connectivity index (χ3n) is 6.85. The molecule has 0 aliphatic rings. The van der Waals surface area contributed by atoms with Crippen molar-refractivity contribution in [2.24, 2.45) is 0 Å². The molecule has 0 atom stereocenters. The fraction of sp³-hybridized carbons (Fsp3) is 0.147. The van der Waals surface area contributed by atoms with Crippen LogP contribution in [0.15, 0.2) is 90.7 Å². The van der Waals surface area contributed by atoms with Gasteiger partial charge in [-0.2, -0.15) is 11.3 Å². The minimum Gasteiger partial charge on any atom is -0.512 e. The summed E-state index contributed by atoms with van der Waals surface area (Å²) in [6.07, 6.45) is 1.17. The number of ketones is 1. The van der Waals surface area contributed by atoms with Crippen LogP contribution in [0, 0.1) is 13.1 Å². The minimum absolute atomic E-state index is 0. The van der Waals surface area contributed by atoms with Crippen LogP contribution in [0.5, 0.6) is 0 Å². The molecule has 0 aliphatic heterocycles. The fourth-order valence-electron chi connectivity index (χ4n) is 5.16. The summed E-state index contributed by atoms with van der Waals surface area (Å²) in [5, 5.41) is 16.4. The third-order valence-corrected chi connectivity index (χ3v) is 10.1. The molecule has 3 nitrogen and oxygen atoms in total. The third kappa shape index (κ3) is 5.63. The number of nitrogens with zero attached hydrogens (tertiary/aromatic N) is 1. The molecule has 0 aliphatic carbocycles. The van der Waals surface area contributed by atoms with Gasteiger partial charge < -0.3 is 9.67 Å². The maximum absolute atomic E-state index is 10.0. The van der Waals surface area contributed by atoms with Crippen molar-refractivity contribution < 1.29 is 34.6 Å². The Labute approximate surface area is 254 Å². The smallest absolute Gasteiger partial charge is 0.155 e. The van der Waals surface area contributed by atoms with Crippen molar-refractivity contribution in [2.45, 2.75) is 33.5 Å². The first-order valence-corrected chi connectivity index (χ1v) is 17.3. The molecule has 2 heterocycles. The summed E-state index contributed by atoms with van der Waals surface area (Å²) >= 11 is 1.85. The molecule has 205 valence electrons. The predicted molar refractivity (Wildman–Crippen MR) is 170 cm³/mol. The van der Waals surface area contributed by atoms with Crippen LogP contribution in [0.3, 0.4) is 0 Å². The van der Waals surface area contributed by atoms with Crippen molar-refractivity contribution >= 4 is 72.2 Å². The van der Waals surface area contributed by atoms with Gasteiger partial charge in [-0.1, -0.05) is 84.3 Å². The van der Waals surface area contributed by atoms with Crippen LogP contribution >= 0.6 is 11.3 Å². The zero-order valence-corrected chi connectivity index (χ0v) is 27.5. The Kier molecular flexibility index (Phi) is 8.67. The number of aliphatic hydroxyl groups excluding tert-OH is 1. The summed E-state index contributed by atoms with van der Waals surface area (Å²) in [7, 11) is 2.88. The number of hydrogen-bond donors (Lipinski definition) is 1. The van der Waals surface area contributed by atoms with Gasteiger partial charge in [-0.25, -0.2) is 0 Å². The zero-order valence-electron chi connectivity index (χ0n) is 23.3. The second kappa shape index (κ2) is 11.7. The van der Waals surface area contributed by atoms with Crippen molar-refractivity contribution in [1.82, 2.24) is 0 Å². The summed E-state index contributed by atoms with van der Waals surface area (Å²) in [5.74, 6) is -0.0625. The largest absolute Gasteiger partial charge is 0.512 e. The monoisotopic (exact) mass is 739 g/mol. The van der Waals surface area contributed by atoms with Gasteiger partial charge in [-0.05, 0) is 58.3 Å². The molecular weight excluding hydrogens is 707 g/mol. The second-order valence-corrected chi connectivity index (χ2v) is 17.0. The Bertz CT molecular complexity index is 1910. The predicted octanol–water partition coefficient (Wildman–Crippen LogP) is 8.34. The number of pyridine rings is 1. The van der Waals surface area contributed by atoms with E-state index in [2.05, 4.69) is 116 Å².